The van der Waals surface area contributed by atoms with Crippen molar-refractivity contribution in [2.75, 3.05) is 33.1 Å². The molecule has 0 aromatic heterocycles. The van der Waals surface area contributed by atoms with Crippen molar-refractivity contribution >= 4 is 15.9 Å². The minimum Gasteiger partial charge on any atom is -0.387 e. The van der Waals surface area contributed by atoms with Crippen LogP contribution in [0.5, 0.6) is 0 Å². The van der Waals surface area contributed by atoms with Gasteiger partial charge in [0.15, 0.2) is 0 Å². The SMILES string of the molecule is COCCS(=O)(=O)N(C)CC(C)C(=N)N. The topological polar surface area (TPSA) is 96.5 Å². The first kappa shape index (κ1) is 14.3. The fourth-order valence-corrected chi connectivity index (χ4v) is 2.08. The van der Waals surface area contributed by atoms with E-state index in [-0.39, 0.29) is 30.7 Å². The summed E-state index contributed by atoms with van der Waals surface area (Å²) in [4.78, 5) is 0. The van der Waals surface area contributed by atoms with Gasteiger partial charge in [0.25, 0.3) is 0 Å². The minimum atomic E-state index is -3.29. The molecule has 0 aliphatic carbocycles. The Hall–Kier alpha value is -0.660. The highest BCUT2D eigenvalue weighted by atomic mass is 32.2. The van der Waals surface area contributed by atoms with Gasteiger partial charge in [-0.1, -0.05) is 6.92 Å². The first-order valence-electron chi connectivity index (χ1n) is 4.58. The lowest BCUT2D eigenvalue weighted by Crippen LogP contribution is -2.37. The Kier molecular flexibility index (Phi) is 5.77. The number of nitrogens with two attached hydrogens (primary N) is 1. The maximum Gasteiger partial charge on any atom is 0.216 e. The van der Waals surface area contributed by atoms with Gasteiger partial charge < -0.3 is 10.5 Å². The van der Waals surface area contributed by atoms with E-state index in [0.717, 1.165) is 0 Å². The molecule has 0 fully saturated rings. The smallest absolute Gasteiger partial charge is 0.216 e. The Morgan fingerprint density at radius 2 is 2.13 bits per heavy atom. The summed E-state index contributed by atoms with van der Waals surface area (Å²) in [7, 11) is -0.366. The van der Waals surface area contributed by atoms with Crippen molar-refractivity contribution in [3.8, 4) is 0 Å². The molecule has 1 unspecified atom stereocenters. The molecular weight excluding hydrogens is 218 g/mol. The number of rotatable bonds is 7. The molecule has 0 aromatic rings. The molecule has 0 bridgehead atoms. The maximum absolute atomic E-state index is 11.6. The molecular formula is C8H19N3O3S. The lowest BCUT2D eigenvalue weighted by molar-refractivity contribution is 0.215. The number of nitrogens with zero attached hydrogens (tertiary/aromatic N) is 1. The van der Waals surface area contributed by atoms with Crippen LogP contribution in [0.4, 0.5) is 0 Å². The lowest BCUT2D eigenvalue weighted by atomic mass is 10.2. The Morgan fingerprint density at radius 1 is 1.60 bits per heavy atom. The summed E-state index contributed by atoms with van der Waals surface area (Å²) < 4.78 is 29.1. The van der Waals surface area contributed by atoms with Gasteiger partial charge in [-0.15, -0.1) is 0 Å². The largest absolute Gasteiger partial charge is 0.387 e. The van der Waals surface area contributed by atoms with Gasteiger partial charge in [0, 0.05) is 26.6 Å². The molecule has 1 atom stereocenters. The molecule has 0 heterocycles. The molecule has 0 amide bonds. The second-order valence-electron chi connectivity index (χ2n) is 3.45. The minimum absolute atomic E-state index is 0.0104. The van der Waals surface area contributed by atoms with Crippen molar-refractivity contribution in [2.45, 2.75) is 6.92 Å². The lowest BCUT2D eigenvalue weighted by Gasteiger charge is -2.20. The fourth-order valence-electron chi connectivity index (χ4n) is 0.942. The van der Waals surface area contributed by atoms with Crippen LogP contribution in [0.2, 0.25) is 0 Å². The highest BCUT2D eigenvalue weighted by Gasteiger charge is 2.20. The Balaban J connectivity index is 4.31. The number of nitrogens with one attached hydrogen (secondary N) is 1. The average molecular weight is 237 g/mol. The van der Waals surface area contributed by atoms with E-state index in [1.54, 1.807) is 6.92 Å². The maximum atomic E-state index is 11.6. The summed E-state index contributed by atoms with van der Waals surface area (Å²) in [5.41, 5.74) is 5.26. The number of hydrogen-bond acceptors (Lipinski definition) is 4. The van der Waals surface area contributed by atoms with Crippen molar-refractivity contribution in [3.05, 3.63) is 0 Å². The van der Waals surface area contributed by atoms with Crippen LogP contribution in [0.25, 0.3) is 0 Å². The summed E-state index contributed by atoms with van der Waals surface area (Å²) in [5.74, 6) is -0.332. The van der Waals surface area contributed by atoms with Gasteiger partial charge in [-0.2, -0.15) is 0 Å². The summed E-state index contributed by atoms with van der Waals surface area (Å²) >= 11 is 0. The van der Waals surface area contributed by atoms with Crippen molar-refractivity contribution in [1.29, 1.82) is 5.41 Å². The summed E-state index contributed by atoms with van der Waals surface area (Å²) in [6, 6.07) is 0. The molecule has 0 aliphatic rings. The van der Waals surface area contributed by atoms with Crippen LogP contribution in [-0.2, 0) is 14.8 Å². The third kappa shape index (κ3) is 5.10. The third-order valence-electron chi connectivity index (χ3n) is 2.08. The second-order valence-corrected chi connectivity index (χ2v) is 5.64. The van der Waals surface area contributed by atoms with Gasteiger partial charge in [-0.3, -0.25) is 5.41 Å². The summed E-state index contributed by atoms with van der Waals surface area (Å²) in [6.07, 6.45) is 0. The van der Waals surface area contributed by atoms with Crippen molar-refractivity contribution < 1.29 is 13.2 Å². The number of ether oxygens (including phenoxy) is 1. The fraction of sp³-hybridized carbons (Fsp3) is 0.875. The first-order chi connectivity index (χ1) is 6.81. The zero-order valence-electron chi connectivity index (χ0n) is 9.36. The van der Waals surface area contributed by atoms with E-state index in [9.17, 15) is 8.42 Å². The van der Waals surface area contributed by atoms with Crippen LogP contribution in [0.3, 0.4) is 0 Å². The van der Waals surface area contributed by atoms with Gasteiger partial charge >= 0.3 is 0 Å². The van der Waals surface area contributed by atoms with Gasteiger partial charge in [-0.25, -0.2) is 12.7 Å². The van der Waals surface area contributed by atoms with Crippen LogP contribution >= 0.6 is 0 Å². The van der Waals surface area contributed by atoms with Crippen LogP contribution in [0, 0.1) is 11.3 Å². The molecule has 15 heavy (non-hydrogen) atoms. The molecule has 0 saturated heterocycles. The quantitative estimate of drug-likeness (QED) is 0.459. The zero-order chi connectivity index (χ0) is 12.1. The van der Waals surface area contributed by atoms with E-state index in [1.807, 2.05) is 0 Å². The molecule has 0 rings (SSSR count). The Morgan fingerprint density at radius 3 is 2.53 bits per heavy atom. The highest BCUT2D eigenvalue weighted by Crippen LogP contribution is 2.03. The Bertz CT molecular complexity index is 302. The molecule has 0 radical (unpaired) electrons. The van der Waals surface area contributed by atoms with Gasteiger partial charge in [-0.05, 0) is 0 Å². The van der Waals surface area contributed by atoms with Crippen LogP contribution < -0.4 is 5.73 Å². The molecule has 0 saturated carbocycles. The average Bonchev–Trinajstić information content (AvgIpc) is 2.14. The van der Waals surface area contributed by atoms with E-state index in [2.05, 4.69) is 0 Å². The van der Waals surface area contributed by atoms with Crippen molar-refractivity contribution in [3.63, 3.8) is 0 Å². The van der Waals surface area contributed by atoms with Gasteiger partial charge in [0.2, 0.25) is 10.0 Å². The normalized spacial score (nSPS) is 14.1. The van der Waals surface area contributed by atoms with Gasteiger partial charge in [0.05, 0.1) is 18.2 Å². The Labute approximate surface area is 91.0 Å². The van der Waals surface area contributed by atoms with E-state index >= 15 is 0 Å². The molecule has 3 N–H and O–H groups in total. The highest BCUT2D eigenvalue weighted by molar-refractivity contribution is 7.89. The van der Waals surface area contributed by atoms with Crippen molar-refractivity contribution in [1.82, 2.24) is 4.31 Å². The number of methoxy groups -OCH3 is 1. The number of hydrogen-bond donors (Lipinski definition) is 2. The predicted molar refractivity (Wildman–Crippen MR) is 59.4 cm³/mol. The monoisotopic (exact) mass is 237 g/mol. The summed E-state index contributed by atoms with van der Waals surface area (Å²) in [5, 5.41) is 7.17. The van der Waals surface area contributed by atoms with Crippen LogP contribution in [0.15, 0.2) is 0 Å². The summed E-state index contributed by atoms with van der Waals surface area (Å²) in [6.45, 7) is 2.10. The molecule has 0 aromatic carbocycles. The second kappa shape index (κ2) is 6.04. The van der Waals surface area contributed by atoms with E-state index in [0.29, 0.717) is 0 Å². The number of amidine groups is 1. The predicted octanol–water partition coefficient (Wildman–Crippen LogP) is -0.534. The number of sulfonamides is 1. The van der Waals surface area contributed by atoms with E-state index < -0.39 is 10.0 Å². The van der Waals surface area contributed by atoms with Crippen LogP contribution in [0.1, 0.15) is 6.92 Å². The van der Waals surface area contributed by atoms with Crippen molar-refractivity contribution in [2.24, 2.45) is 11.7 Å². The molecule has 6 nitrogen and oxygen atoms in total. The van der Waals surface area contributed by atoms with Crippen LogP contribution in [-0.4, -0.2) is 51.6 Å². The zero-order valence-corrected chi connectivity index (χ0v) is 10.2. The molecule has 7 heteroatoms. The third-order valence-corrected chi connectivity index (χ3v) is 3.86. The molecule has 0 spiro atoms. The first-order valence-corrected chi connectivity index (χ1v) is 6.19. The van der Waals surface area contributed by atoms with E-state index in [4.69, 9.17) is 15.9 Å². The standard InChI is InChI=1S/C8H19N3O3S/c1-7(8(9)10)6-11(2)15(12,13)5-4-14-3/h7H,4-6H2,1-3H3,(H3,9,10). The molecule has 0 aliphatic heterocycles. The van der Waals surface area contributed by atoms with E-state index in [1.165, 1.54) is 18.5 Å². The molecule has 90 valence electrons. The van der Waals surface area contributed by atoms with Gasteiger partial charge in [0.1, 0.15) is 0 Å².